The molecule has 0 saturated carbocycles. The molecule has 0 spiro atoms. The Bertz CT molecular complexity index is 750. The fraction of sp³-hybridized carbons (Fsp3) is 0.350. The number of carbonyl (C=O) groups excluding carboxylic acids is 2. The van der Waals surface area contributed by atoms with E-state index in [4.69, 9.17) is 4.42 Å². The first-order chi connectivity index (χ1) is 12.5. The van der Waals surface area contributed by atoms with Crippen molar-refractivity contribution < 1.29 is 18.7 Å². The summed E-state index contributed by atoms with van der Waals surface area (Å²) in [5.41, 5.74) is 1.05. The zero-order valence-corrected chi connectivity index (χ0v) is 15.3. The van der Waals surface area contributed by atoms with E-state index in [2.05, 4.69) is 23.6 Å². The van der Waals surface area contributed by atoms with Crippen molar-refractivity contribution in [1.29, 1.82) is 0 Å². The number of hydrogen-bond donors (Lipinski definition) is 0. The Kier molecular flexibility index (Phi) is 7.14. The van der Waals surface area contributed by atoms with Crippen LogP contribution in [0, 0.1) is 5.92 Å². The fourth-order valence-electron chi connectivity index (χ4n) is 2.26. The van der Waals surface area contributed by atoms with E-state index in [-0.39, 0.29) is 18.1 Å². The highest BCUT2D eigenvalue weighted by molar-refractivity contribution is 5.91. The van der Waals surface area contributed by atoms with Crippen LogP contribution in [0.15, 0.2) is 47.1 Å². The van der Waals surface area contributed by atoms with Crippen molar-refractivity contribution in [2.45, 2.75) is 26.8 Å². The average molecular weight is 356 g/mol. The summed E-state index contributed by atoms with van der Waals surface area (Å²) in [7, 11) is 1.28. The van der Waals surface area contributed by atoms with Gasteiger partial charge < -0.3 is 14.1 Å². The van der Waals surface area contributed by atoms with E-state index in [1.54, 1.807) is 17.1 Å². The quantitative estimate of drug-likeness (QED) is 0.534. The molecule has 0 aliphatic heterocycles. The molecule has 0 radical (unpaired) electrons. The standard InChI is InChI=1S/C20H24N2O4/c1-15(2)11-12-22(13-18-21-17(14-26-18)20(24)25-3)19(23)10-9-16-7-5-4-6-8-16/h4-10,14-15H,11-13H2,1-3H3/b10-9+. The molecule has 6 nitrogen and oxygen atoms in total. The van der Waals surface area contributed by atoms with Crippen LogP contribution in [0.1, 0.15) is 42.2 Å². The van der Waals surface area contributed by atoms with Gasteiger partial charge in [-0.3, -0.25) is 4.79 Å². The smallest absolute Gasteiger partial charge is 0.360 e. The molecule has 0 N–H and O–H groups in total. The van der Waals surface area contributed by atoms with Gasteiger partial charge in [-0.1, -0.05) is 44.2 Å². The van der Waals surface area contributed by atoms with Gasteiger partial charge >= 0.3 is 5.97 Å². The van der Waals surface area contributed by atoms with Gasteiger partial charge in [0.25, 0.3) is 0 Å². The van der Waals surface area contributed by atoms with Gasteiger partial charge in [0.05, 0.1) is 13.7 Å². The van der Waals surface area contributed by atoms with Gasteiger partial charge in [-0.15, -0.1) is 0 Å². The van der Waals surface area contributed by atoms with Crippen LogP contribution in [0.5, 0.6) is 0 Å². The Morgan fingerprint density at radius 1 is 1.27 bits per heavy atom. The number of esters is 1. The SMILES string of the molecule is COC(=O)c1coc(CN(CCC(C)C)C(=O)/C=C/c2ccccc2)n1. The molecule has 0 saturated heterocycles. The third-order valence-electron chi connectivity index (χ3n) is 3.78. The maximum atomic E-state index is 12.6. The average Bonchev–Trinajstić information content (AvgIpc) is 3.11. The van der Waals surface area contributed by atoms with Crippen molar-refractivity contribution in [3.8, 4) is 0 Å². The second-order valence-corrected chi connectivity index (χ2v) is 6.30. The molecule has 0 aliphatic carbocycles. The molecular formula is C20H24N2O4. The number of rotatable bonds is 8. The molecule has 2 aromatic rings. The summed E-state index contributed by atoms with van der Waals surface area (Å²) in [6, 6.07) is 9.62. The van der Waals surface area contributed by atoms with Crippen molar-refractivity contribution >= 4 is 18.0 Å². The van der Waals surface area contributed by atoms with E-state index >= 15 is 0 Å². The van der Waals surface area contributed by atoms with E-state index < -0.39 is 5.97 Å². The third-order valence-corrected chi connectivity index (χ3v) is 3.78. The number of ether oxygens (including phenoxy) is 1. The maximum absolute atomic E-state index is 12.6. The Morgan fingerprint density at radius 2 is 2.00 bits per heavy atom. The molecule has 0 aliphatic rings. The van der Waals surface area contributed by atoms with Crippen molar-refractivity contribution in [1.82, 2.24) is 9.88 Å². The van der Waals surface area contributed by atoms with Gasteiger partial charge in [-0.05, 0) is 24.0 Å². The molecule has 0 fully saturated rings. The van der Waals surface area contributed by atoms with E-state index in [0.29, 0.717) is 18.4 Å². The van der Waals surface area contributed by atoms with Gasteiger partial charge in [0.2, 0.25) is 11.8 Å². The number of aromatic nitrogens is 1. The monoisotopic (exact) mass is 356 g/mol. The number of carbonyl (C=O) groups is 2. The first kappa shape index (κ1) is 19.4. The molecule has 1 aromatic carbocycles. The summed E-state index contributed by atoms with van der Waals surface area (Å²) in [6.07, 6.45) is 5.42. The number of hydrogen-bond acceptors (Lipinski definition) is 5. The van der Waals surface area contributed by atoms with Crippen molar-refractivity contribution in [2.75, 3.05) is 13.7 Å². The highest BCUT2D eigenvalue weighted by Crippen LogP contribution is 2.11. The lowest BCUT2D eigenvalue weighted by molar-refractivity contribution is -0.127. The molecule has 1 heterocycles. The largest absolute Gasteiger partial charge is 0.464 e. The van der Waals surface area contributed by atoms with Crippen LogP contribution in [0.25, 0.3) is 6.08 Å². The molecule has 2 rings (SSSR count). The summed E-state index contributed by atoms with van der Waals surface area (Å²) >= 11 is 0. The Balaban J connectivity index is 2.09. The van der Waals surface area contributed by atoms with E-state index in [9.17, 15) is 9.59 Å². The summed E-state index contributed by atoms with van der Waals surface area (Å²) in [4.78, 5) is 29.8. The Morgan fingerprint density at radius 3 is 2.65 bits per heavy atom. The first-order valence-corrected chi connectivity index (χ1v) is 8.54. The van der Waals surface area contributed by atoms with E-state index in [1.807, 2.05) is 30.3 Å². The van der Waals surface area contributed by atoms with E-state index in [0.717, 1.165) is 12.0 Å². The summed E-state index contributed by atoms with van der Waals surface area (Å²) in [6.45, 7) is 4.97. The van der Waals surface area contributed by atoms with Gasteiger partial charge in [0, 0.05) is 12.6 Å². The first-order valence-electron chi connectivity index (χ1n) is 8.54. The van der Waals surface area contributed by atoms with Crippen molar-refractivity contribution in [2.24, 2.45) is 5.92 Å². The zero-order valence-electron chi connectivity index (χ0n) is 15.3. The second kappa shape index (κ2) is 9.56. The molecule has 26 heavy (non-hydrogen) atoms. The van der Waals surface area contributed by atoms with Crippen LogP contribution in [0.2, 0.25) is 0 Å². The maximum Gasteiger partial charge on any atom is 0.360 e. The van der Waals surface area contributed by atoms with Gasteiger partial charge in [-0.25, -0.2) is 9.78 Å². The fourth-order valence-corrected chi connectivity index (χ4v) is 2.26. The molecular weight excluding hydrogens is 332 g/mol. The molecule has 0 unspecified atom stereocenters. The highest BCUT2D eigenvalue weighted by Gasteiger charge is 2.17. The lowest BCUT2D eigenvalue weighted by atomic mass is 10.1. The number of nitrogens with zero attached hydrogens (tertiary/aromatic N) is 2. The molecule has 0 bridgehead atoms. The summed E-state index contributed by atoms with van der Waals surface area (Å²) in [5, 5.41) is 0. The van der Waals surface area contributed by atoms with Crippen molar-refractivity contribution in [3.05, 3.63) is 59.8 Å². The Hall–Kier alpha value is -2.89. The number of methoxy groups -OCH3 is 1. The minimum Gasteiger partial charge on any atom is -0.464 e. The number of oxazole rings is 1. The third kappa shape index (κ3) is 5.88. The summed E-state index contributed by atoms with van der Waals surface area (Å²) in [5.74, 6) is 0.0607. The number of benzene rings is 1. The zero-order chi connectivity index (χ0) is 18.9. The van der Waals surface area contributed by atoms with Crippen LogP contribution in [0.4, 0.5) is 0 Å². The van der Waals surface area contributed by atoms with Crippen LogP contribution >= 0.6 is 0 Å². The predicted molar refractivity (Wildman–Crippen MR) is 98.2 cm³/mol. The van der Waals surface area contributed by atoms with Gasteiger partial charge in [-0.2, -0.15) is 0 Å². The molecule has 0 atom stereocenters. The minimum absolute atomic E-state index is 0.0959. The molecule has 6 heteroatoms. The van der Waals surface area contributed by atoms with Crippen LogP contribution < -0.4 is 0 Å². The number of amides is 1. The Labute approximate surface area is 153 Å². The van der Waals surface area contributed by atoms with Crippen molar-refractivity contribution in [3.63, 3.8) is 0 Å². The van der Waals surface area contributed by atoms with Crippen LogP contribution in [-0.4, -0.2) is 35.4 Å². The lowest BCUT2D eigenvalue weighted by Crippen LogP contribution is -2.31. The topological polar surface area (TPSA) is 72.6 Å². The summed E-state index contributed by atoms with van der Waals surface area (Å²) < 4.78 is 9.92. The highest BCUT2D eigenvalue weighted by atomic mass is 16.5. The molecule has 1 aromatic heterocycles. The second-order valence-electron chi connectivity index (χ2n) is 6.30. The van der Waals surface area contributed by atoms with Crippen LogP contribution in [0.3, 0.4) is 0 Å². The minimum atomic E-state index is -0.566. The van der Waals surface area contributed by atoms with Gasteiger partial charge in [0.15, 0.2) is 5.69 Å². The molecule has 1 amide bonds. The lowest BCUT2D eigenvalue weighted by Gasteiger charge is -2.20. The molecule has 138 valence electrons. The normalized spacial score (nSPS) is 11.1. The predicted octanol–water partition coefficient (Wildman–Crippen LogP) is 3.55. The van der Waals surface area contributed by atoms with Crippen LogP contribution in [-0.2, 0) is 16.1 Å². The van der Waals surface area contributed by atoms with Gasteiger partial charge in [0.1, 0.15) is 6.26 Å². The van der Waals surface area contributed by atoms with E-state index in [1.165, 1.54) is 13.4 Å².